The number of hydrogen-bond acceptors (Lipinski definition) is 2. The standard InChI is InChI=1S/C28H38N2O2/c1-20(2)24-16-13-23(14-17-24)15-18-27(31)30(19-25-10-6-5-9-21(25)3)22(4)28(32)29-26-11-7-8-12-26/h5-6,9-10,13-14,16-17,20,22,26H,7-8,11-12,15,18-19H2,1-4H3,(H,29,32)/t22-/m1/s1. The lowest BCUT2D eigenvalue weighted by Crippen LogP contribution is -2.49. The summed E-state index contributed by atoms with van der Waals surface area (Å²) in [7, 11) is 0. The van der Waals surface area contributed by atoms with Crippen LogP contribution in [-0.2, 0) is 22.6 Å². The number of nitrogens with zero attached hydrogens (tertiary/aromatic N) is 1. The third-order valence-electron chi connectivity index (χ3n) is 6.74. The maximum Gasteiger partial charge on any atom is 0.242 e. The maximum absolute atomic E-state index is 13.3. The van der Waals surface area contributed by atoms with Gasteiger partial charge in [0, 0.05) is 19.0 Å². The Morgan fingerprint density at radius 2 is 1.66 bits per heavy atom. The van der Waals surface area contributed by atoms with Crippen LogP contribution in [0.3, 0.4) is 0 Å². The average Bonchev–Trinajstić information content (AvgIpc) is 3.29. The van der Waals surface area contributed by atoms with Gasteiger partial charge in [-0.2, -0.15) is 0 Å². The molecule has 1 fully saturated rings. The monoisotopic (exact) mass is 434 g/mol. The van der Waals surface area contributed by atoms with Crippen molar-refractivity contribution >= 4 is 11.8 Å². The van der Waals surface area contributed by atoms with E-state index in [0.717, 1.165) is 29.5 Å². The molecule has 0 spiro atoms. The smallest absolute Gasteiger partial charge is 0.242 e. The van der Waals surface area contributed by atoms with Gasteiger partial charge in [-0.1, -0.05) is 75.2 Å². The lowest BCUT2D eigenvalue weighted by Gasteiger charge is -2.30. The molecule has 4 heteroatoms. The first-order chi connectivity index (χ1) is 15.3. The Morgan fingerprint density at radius 1 is 1.00 bits per heavy atom. The van der Waals surface area contributed by atoms with Gasteiger partial charge in [0.1, 0.15) is 6.04 Å². The first kappa shape index (κ1) is 24.0. The van der Waals surface area contributed by atoms with Gasteiger partial charge < -0.3 is 10.2 Å². The molecule has 2 aromatic rings. The third-order valence-corrected chi connectivity index (χ3v) is 6.74. The molecule has 4 nitrogen and oxygen atoms in total. The Bertz CT molecular complexity index is 898. The van der Waals surface area contributed by atoms with Crippen molar-refractivity contribution in [1.29, 1.82) is 0 Å². The van der Waals surface area contributed by atoms with Crippen molar-refractivity contribution in [3.63, 3.8) is 0 Å². The lowest BCUT2D eigenvalue weighted by atomic mass is 10.00. The number of aryl methyl sites for hydroxylation is 2. The summed E-state index contributed by atoms with van der Waals surface area (Å²) in [6.45, 7) is 8.73. The summed E-state index contributed by atoms with van der Waals surface area (Å²) in [5, 5.41) is 3.17. The lowest BCUT2D eigenvalue weighted by molar-refractivity contribution is -0.140. The van der Waals surface area contributed by atoms with Gasteiger partial charge in [-0.05, 0) is 61.3 Å². The third kappa shape index (κ3) is 6.44. The SMILES string of the molecule is Cc1ccccc1CN(C(=O)CCc1ccc(C(C)C)cc1)[C@H](C)C(=O)NC1CCCC1. The molecule has 172 valence electrons. The predicted molar refractivity (Wildman–Crippen MR) is 130 cm³/mol. The van der Waals surface area contributed by atoms with E-state index < -0.39 is 6.04 Å². The van der Waals surface area contributed by atoms with Crippen LogP contribution >= 0.6 is 0 Å². The van der Waals surface area contributed by atoms with E-state index in [2.05, 4.69) is 56.4 Å². The van der Waals surface area contributed by atoms with Crippen LogP contribution in [0.5, 0.6) is 0 Å². The van der Waals surface area contributed by atoms with E-state index in [1.54, 1.807) is 4.90 Å². The van der Waals surface area contributed by atoms with Gasteiger partial charge in [-0.15, -0.1) is 0 Å². The van der Waals surface area contributed by atoms with Crippen molar-refractivity contribution in [2.24, 2.45) is 0 Å². The number of nitrogens with one attached hydrogen (secondary N) is 1. The summed E-state index contributed by atoms with van der Waals surface area (Å²) < 4.78 is 0. The van der Waals surface area contributed by atoms with E-state index >= 15 is 0 Å². The average molecular weight is 435 g/mol. The number of carbonyl (C=O) groups excluding carboxylic acids is 2. The maximum atomic E-state index is 13.3. The molecule has 1 saturated carbocycles. The van der Waals surface area contributed by atoms with Gasteiger partial charge in [-0.25, -0.2) is 0 Å². The minimum Gasteiger partial charge on any atom is -0.352 e. The zero-order chi connectivity index (χ0) is 23.1. The van der Waals surface area contributed by atoms with Crippen molar-refractivity contribution < 1.29 is 9.59 Å². The van der Waals surface area contributed by atoms with E-state index in [1.807, 2.05) is 25.1 Å². The summed E-state index contributed by atoms with van der Waals surface area (Å²) in [6.07, 6.45) is 5.49. The number of benzene rings is 2. The normalized spacial score (nSPS) is 15.0. The second-order valence-corrected chi connectivity index (χ2v) is 9.51. The van der Waals surface area contributed by atoms with Gasteiger partial charge in [0.05, 0.1) is 0 Å². The fourth-order valence-corrected chi connectivity index (χ4v) is 4.41. The number of rotatable bonds is 9. The van der Waals surface area contributed by atoms with Crippen LogP contribution in [-0.4, -0.2) is 28.8 Å². The Kier molecular flexibility index (Phi) is 8.49. The molecule has 0 bridgehead atoms. The molecule has 0 aromatic heterocycles. The van der Waals surface area contributed by atoms with Crippen molar-refractivity contribution in [2.75, 3.05) is 0 Å². The zero-order valence-electron chi connectivity index (χ0n) is 20.1. The first-order valence-corrected chi connectivity index (χ1v) is 12.1. The van der Waals surface area contributed by atoms with Crippen LogP contribution in [0.15, 0.2) is 48.5 Å². The van der Waals surface area contributed by atoms with Crippen LogP contribution < -0.4 is 5.32 Å². The van der Waals surface area contributed by atoms with Crippen LogP contribution in [0.4, 0.5) is 0 Å². The molecule has 2 aromatic carbocycles. The summed E-state index contributed by atoms with van der Waals surface area (Å²) in [5.41, 5.74) is 4.68. The van der Waals surface area contributed by atoms with Crippen molar-refractivity contribution in [2.45, 2.75) is 90.8 Å². The fraction of sp³-hybridized carbons (Fsp3) is 0.500. The van der Waals surface area contributed by atoms with E-state index in [-0.39, 0.29) is 17.9 Å². The van der Waals surface area contributed by atoms with Crippen LogP contribution in [0.25, 0.3) is 0 Å². The minimum absolute atomic E-state index is 0.0234. The quantitative estimate of drug-likeness (QED) is 0.564. The highest BCUT2D eigenvalue weighted by atomic mass is 16.2. The van der Waals surface area contributed by atoms with Gasteiger partial charge in [0.15, 0.2) is 0 Å². The highest BCUT2D eigenvalue weighted by Crippen LogP contribution is 2.20. The first-order valence-electron chi connectivity index (χ1n) is 12.1. The summed E-state index contributed by atoms with van der Waals surface area (Å²) >= 11 is 0. The molecule has 0 aliphatic heterocycles. The van der Waals surface area contributed by atoms with E-state index in [9.17, 15) is 9.59 Å². The molecule has 1 atom stereocenters. The van der Waals surface area contributed by atoms with Gasteiger partial charge in [0.2, 0.25) is 11.8 Å². The molecule has 3 rings (SSSR count). The van der Waals surface area contributed by atoms with Crippen molar-refractivity contribution in [1.82, 2.24) is 10.2 Å². The van der Waals surface area contributed by atoms with Gasteiger partial charge >= 0.3 is 0 Å². The van der Waals surface area contributed by atoms with Crippen LogP contribution in [0, 0.1) is 6.92 Å². The summed E-state index contributed by atoms with van der Waals surface area (Å²) in [4.78, 5) is 28.1. The van der Waals surface area contributed by atoms with Gasteiger partial charge in [-0.3, -0.25) is 9.59 Å². The second kappa shape index (κ2) is 11.3. The molecule has 2 amide bonds. The molecule has 1 N–H and O–H groups in total. The summed E-state index contributed by atoms with van der Waals surface area (Å²) in [6, 6.07) is 16.4. The molecule has 0 unspecified atom stereocenters. The van der Waals surface area contributed by atoms with E-state index in [4.69, 9.17) is 0 Å². The molecule has 0 radical (unpaired) electrons. The predicted octanol–water partition coefficient (Wildman–Crippen LogP) is 5.53. The van der Waals surface area contributed by atoms with Crippen molar-refractivity contribution in [3.8, 4) is 0 Å². The number of amides is 2. The molecule has 0 heterocycles. The fourth-order valence-electron chi connectivity index (χ4n) is 4.41. The Labute approximate surface area is 193 Å². The van der Waals surface area contributed by atoms with E-state index in [0.29, 0.717) is 25.3 Å². The molecular weight excluding hydrogens is 396 g/mol. The number of hydrogen-bond donors (Lipinski definition) is 1. The Morgan fingerprint density at radius 3 is 2.28 bits per heavy atom. The molecule has 1 aliphatic rings. The molecule has 1 aliphatic carbocycles. The van der Waals surface area contributed by atoms with Crippen LogP contribution in [0.1, 0.15) is 81.0 Å². The molecule has 32 heavy (non-hydrogen) atoms. The number of carbonyl (C=O) groups is 2. The zero-order valence-corrected chi connectivity index (χ0v) is 20.1. The Hall–Kier alpha value is -2.62. The van der Waals surface area contributed by atoms with Crippen LogP contribution in [0.2, 0.25) is 0 Å². The van der Waals surface area contributed by atoms with Crippen molar-refractivity contribution in [3.05, 3.63) is 70.8 Å². The summed E-state index contributed by atoms with van der Waals surface area (Å²) in [5.74, 6) is 0.477. The second-order valence-electron chi connectivity index (χ2n) is 9.51. The molecule has 0 saturated heterocycles. The largest absolute Gasteiger partial charge is 0.352 e. The van der Waals surface area contributed by atoms with Gasteiger partial charge in [0.25, 0.3) is 0 Å². The highest BCUT2D eigenvalue weighted by molar-refractivity contribution is 5.87. The topological polar surface area (TPSA) is 49.4 Å². The minimum atomic E-state index is -0.494. The van der Waals surface area contributed by atoms with E-state index in [1.165, 1.54) is 18.4 Å². The Balaban J connectivity index is 1.70. The molecular formula is C28H38N2O2. The highest BCUT2D eigenvalue weighted by Gasteiger charge is 2.28.